The molecule has 0 aliphatic carbocycles. The van der Waals surface area contributed by atoms with Gasteiger partial charge >= 0.3 is 5.97 Å². The fraction of sp³-hybridized carbons (Fsp3) is 0.500. The van der Waals surface area contributed by atoms with E-state index in [1.165, 1.54) is 25.6 Å². The van der Waals surface area contributed by atoms with Gasteiger partial charge < -0.3 is 15.4 Å². The van der Waals surface area contributed by atoms with Gasteiger partial charge in [-0.2, -0.15) is 11.8 Å². The minimum atomic E-state index is -3.30. The number of thioether (sulfide) groups is 1. The summed E-state index contributed by atoms with van der Waals surface area (Å²) in [5.41, 5.74) is 6.16. The maximum atomic E-state index is 12.0. The van der Waals surface area contributed by atoms with Crippen LogP contribution in [0.4, 0.5) is 11.5 Å². The average molecular weight is 331 g/mol. The second-order valence-corrected chi connectivity index (χ2v) is 8.04. The van der Waals surface area contributed by atoms with Crippen molar-refractivity contribution in [3.05, 3.63) is 17.8 Å². The van der Waals surface area contributed by atoms with E-state index in [-0.39, 0.29) is 5.56 Å². The zero-order chi connectivity index (χ0) is 15.6. The van der Waals surface area contributed by atoms with Gasteiger partial charge in [-0.25, -0.2) is 18.2 Å². The standard InChI is InChI=1S/C12H17N3O4S2/c1-19-12(16)9-5-8(13)6-14-11(9)15-3-4-20-7-10(15)21(2,17)18/h5-6,10H,3-4,7,13H2,1-2H3. The van der Waals surface area contributed by atoms with Gasteiger partial charge in [0.2, 0.25) is 0 Å². The minimum Gasteiger partial charge on any atom is -0.465 e. The highest BCUT2D eigenvalue weighted by Crippen LogP contribution is 2.29. The Morgan fingerprint density at radius 1 is 1.57 bits per heavy atom. The number of ether oxygens (including phenoxy) is 1. The van der Waals surface area contributed by atoms with Gasteiger partial charge in [-0.1, -0.05) is 0 Å². The third-order valence-corrected chi connectivity index (χ3v) is 5.79. The van der Waals surface area contributed by atoms with E-state index in [1.54, 1.807) is 16.7 Å². The summed E-state index contributed by atoms with van der Waals surface area (Å²) in [6, 6.07) is 1.45. The summed E-state index contributed by atoms with van der Waals surface area (Å²) in [5, 5.41) is -0.712. The van der Waals surface area contributed by atoms with E-state index in [1.807, 2.05) is 0 Å². The first-order valence-corrected chi connectivity index (χ1v) is 9.32. The molecule has 7 nitrogen and oxygen atoms in total. The van der Waals surface area contributed by atoms with Crippen molar-refractivity contribution in [2.45, 2.75) is 5.37 Å². The van der Waals surface area contributed by atoms with E-state index in [2.05, 4.69) is 4.98 Å². The number of nitrogen functional groups attached to an aromatic ring is 1. The van der Waals surface area contributed by atoms with E-state index in [0.29, 0.717) is 23.8 Å². The molecular weight excluding hydrogens is 314 g/mol. The lowest BCUT2D eigenvalue weighted by molar-refractivity contribution is 0.0601. The third kappa shape index (κ3) is 3.41. The van der Waals surface area contributed by atoms with Crippen LogP contribution in [-0.2, 0) is 14.6 Å². The number of hydrogen-bond donors (Lipinski definition) is 1. The molecule has 21 heavy (non-hydrogen) atoms. The molecule has 0 radical (unpaired) electrons. The summed E-state index contributed by atoms with van der Waals surface area (Å²) in [6.45, 7) is 0.489. The van der Waals surface area contributed by atoms with Crippen LogP contribution in [0, 0.1) is 0 Å². The third-order valence-electron chi connectivity index (χ3n) is 3.14. The number of nitrogens with two attached hydrogens (primary N) is 1. The predicted molar refractivity (Wildman–Crippen MR) is 83.3 cm³/mol. The van der Waals surface area contributed by atoms with Crippen LogP contribution in [0.25, 0.3) is 0 Å². The molecule has 0 bridgehead atoms. The molecule has 1 saturated heterocycles. The number of sulfone groups is 1. The fourth-order valence-electron chi connectivity index (χ4n) is 2.14. The fourth-order valence-corrected chi connectivity index (χ4v) is 4.96. The van der Waals surface area contributed by atoms with Crippen LogP contribution in [0.3, 0.4) is 0 Å². The van der Waals surface area contributed by atoms with Crippen molar-refractivity contribution in [1.82, 2.24) is 4.98 Å². The summed E-state index contributed by atoms with van der Waals surface area (Å²) < 4.78 is 28.7. The van der Waals surface area contributed by atoms with Gasteiger partial charge in [0.05, 0.1) is 19.0 Å². The topological polar surface area (TPSA) is 103 Å². The van der Waals surface area contributed by atoms with E-state index in [0.717, 1.165) is 5.75 Å². The normalized spacial score (nSPS) is 19.3. The first-order valence-electron chi connectivity index (χ1n) is 6.21. The molecule has 2 rings (SSSR count). The van der Waals surface area contributed by atoms with Crippen molar-refractivity contribution < 1.29 is 17.9 Å². The summed E-state index contributed by atoms with van der Waals surface area (Å²) >= 11 is 1.56. The van der Waals surface area contributed by atoms with Gasteiger partial charge in [0.15, 0.2) is 9.84 Å². The van der Waals surface area contributed by atoms with Crippen molar-refractivity contribution in [1.29, 1.82) is 0 Å². The molecule has 1 aliphatic rings. The quantitative estimate of drug-likeness (QED) is 0.793. The van der Waals surface area contributed by atoms with E-state index >= 15 is 0 Å². The van der Waals surface area contributed by atoms with Crippen molar-refractivity contribution in [3.63, 3.8) is 0 Å². The van der Waals surface area contributed by atoms with Crippen LogP contribution in [0.1, 0.15) is 10.4 Å². The zero-order valence-corrected chi connectivity index (χ0v) is 13.4. The number of esters is 1. The van der Waals surface area contributed by atoms with E-state index in [9.17, 15) is 13.2 Å². The molecule has 0 amide bonds. The van der Waals surface area contributed by atoms with Crippen molar-refractivity contribution in [2.24, 2.45) is 0 Å². The highest BCUT2D eigenvalue weighted by molar-refractivity contribution is 8.01. The van der Waals surface area contributed by atoms with E-state index in [4.69, 9.17) is 10.5 Å². The first kappa shape index (κ1) is 15.9. The number of rotatable bonds is 3. The number of anilines is 2. The van der Waals surface area contributed by atoms with Crippen molar-refractivity contribution in [2.75, 3.05) is 42.0 Å². The Balaban J connectivity index is 2.50. The number of nitrogens with zero attached hydrogens (tertiary/aromatic N) is 2. The molecular formula is C12H17N3O4S2. The maximum absolute atomic E-state index is 12.0. The van der Waals surface area contributed by atoms with Crippen LogP contribution in [0.2, 0.25) is 0 Å². The Bertz CT molecular complexity index is 648. The largest absolute Gasteiger partial charge is 0.465 e. The minimum absolute atomic E-state index is 0.179. The lowest BCUT2D eigenvalue weighted by atomic mass is 10.2. The summed E-state index contributed by atoms with van der Waals surface area (Å²) in [5.74, 6) is 0.909. The predicted octanol–water partition coefficient (Wildman–Crippen LogP) is 0.374. The number of methoxy groups -OCH3 is 1. The molecule has 1 atom stereocenters. The molecule has 2 heterocycles. The molecule has 1 unspecified atom stereocenters. The molecule has 1 aromatic rings. The zero-order valence-electron chi connectivity index (χ0n) is 11.8. The highest BCUT2D eigenvalue weighted by Gasteiger charge is 2.34. The SMILES string of the molecule is COC(=O)c1cc(N)cnc1N1CCSCC1S(C)(=O)=O. The van der Waals surface area contributed by atoms with Crippen LogP contribution in [0.15, 0.2) is 12.3 Å². The van der Waals surface area contributed by atoms with Gasteiger partial charge in [-0.15, -0.1) is 0 Å². The molecule has 0 spiro atoms. The lowest BCUT2D eigenvalue weighted by Crippen LogP contribution is -2.48. The van der Waals surface area contributed by atoms with E-state index < -0.39 is 21.2 Å². The van der Waals surface area contributed by atoms with Crippen LogP contribution < -0.4 is 10.6 Å². The smallest absolute Gasteiger partial charge is 0.341 e. The second kappa shape index (κ2) is 6.10. The van der Waals surface area contributed by atoms with Gasteiger partial charge in [-0.3, -0.25) is 0 Å². The summed E-state index contributed by atoms with van der Waals surface area (Å²) in [4.78, 5) is 17.7. The van der Waals surface area contributed by atoms with Crippen molar-refractivity contribution >= 4 is 39.1 Å². The van der Waals surface area contributed by atoms with Gasteiger partial charge in [0, 0.05) is 24.3 Å². The molecule has 2 N–H and O–H groups in total. The van der Waals surface area contributed by atoms with Crippen molar-refractivity contribution in [3.8, 4) is 0 Å². The molecule has 9 heteroatoms. The summed E-state index contributed by atoms with van der Waals surface area (Å²) in [7, 11) is -2.04. The molecule has 116 valence electrons. The molecule has 0 aromatic carbocycles. The summed E-state index contributed by atoms with van der Waals surface area (Å²) in [6.07, 6.45) is 2.59. The number of carbonyl (C=O) groups excluding carboxylic acids is 1. The first-order chi connectivity index (χ1) is 9.84. The Morgan fingerprint density at radius 2 is 2.29 bits per heavy atom. The molecule has 1 aromatic heterocycles. The average Bonchev–Trinajstić information content (AvgIpc) is 2.45. The highest BCUT2D eigenvalue weighted by atomic mass is 32.2. The second-order valence-electron chi connectivity index (χ2n) is 4.68. The molecule has 1 aliphatic heterocycles. The van der Waals surface area contributed by atoms with Crippen LogP contribution >= 0.6 is 11.8 Å². The maximum Gasteiger partial charge on any atom is 0.341 e. The van der Waals surface area contributed by atoms with Gasteiger partial charge in [-0.05, 0) is 6.07 Å². The molecule has 1 fully saturated rings. The van der Waals surface area contributed by atoms with Gasteiger partial charge in [0.25, 0.3) is 0 Å². The lowest BCUT2D eigenvalue weighted by Gasteiger charge is -2.35. The monoisotopic (exact) mass is 331 g/mol. The Hall–Kier alpha value is -1.48. The Morgan fingerprint density at radius 3 is 2.90 bits per heavy atom. The number of aromatic nitrogens is 1. The van der Waals surface area contributed by atoms with Gasteiger partial charge in [0.1, 0.15) is 16.8 Å². The Kier molecular flexibility index (Phi) is 4.62. The number of carbonyl (C=O) groups is 1. The molecule has 0 saturated carbocycles. The Labute approximate surface area is 127 Å². The van der Waals surface area contributed by atoms with Crippen LogP contribution in [0.5, 0.6) is 0 Å². The van der Waals surface area contributed by atoms with Crippen LogP contribution in [-0.4, -0.2) is 56.2 Å². The number of pyridine rings is 1. The number of hydrogen-bond acceptors (Lipinski definition) is 8.